The lowest BCUT2D eigenvalue weighted by molar-refractivity contribution is 0.373. The number of aryl methyl sites for hydroxylation is 1. The second-order valence-corrected chi connectivity index (χ2v) is 3.77. The van der Waals surface area contributed by atoms with Crippen molar-refractivity contribution < 1.29 is 0 Å². The van der Waals surface area contributed by atoms with Crippen molar-refractivity contribution in [2.75, 3.05) is 20.1 Å². The minimum atomic E-state index is 0.832. The summed E-state index contributed by atoms with van der Waals surface area (Å²) in [7, 11) is 2.14. The van der Waals surface area contributed by atoms with Gasteiger partial charge in [-0.15, -0.1) is 0 Å². The molecule has 0 saturated heterocycles. The molecule has 0 amide bonds. The second kappa shape index (κ2) is 3.88. The Morgan fingerprint density at radius 1 is 1.29 bits per heavy atom. The number of nitrogens with zero attached hydrogens (tertiary/aromatic N) is 3. The number of hydrogen-bond acceptors (Lipinski definition) is 3. The molecule has 2 heterocycles. The van der Waals surface area contributed by atoms with Crippen LogP contribution in [0.5, 0.6) is 0 Å². The summed E-state index contributed by atoms with van der Waals surface area (Å²) in [4.78, 5) is 10.7. The molecule has 1 aliphatic heterocycles. The molecule has 0 unspecified atom stereocenters. The van der Waals surface area contributed by atoms with Crippen LogP contribution in [-0.2, 0) is 0 Å². The molecule has 1 aliphatic rings. The van der Waals surface area contributed by atoms with Crippen molar-refractivity contribution >= 4 is 5.57 Å². The van der Waals surface area contributed by atoms with Gasteiger partial charge < -0.3 is 4.90 Å². The zero-order valence-corrected chi connectivity index (χ0v) is 8.70. The first-order chi connectivity index (χ1) is 6.75. The maximum atomic E-state index is 4.21. The number of likely N-dealkylation sites (N-methyl/N-ethyl adjacent to an activating group) is 1. The fourth-order valence-corrected chi connectivity index (χ4v) is 1.66. The Morgan fingerprint density at radius 2 is 2.00 bits per heavy atom. The highest BCUT2D eigenvalue weighted by Gasteiger charge is 2.10. The Kier molecular flexibility index (Phi) is 2.59. The van der Waals surface area contributed by atoms with Gasteiger partial charge in [0.25, 0.3) is 0 Å². The molecule has 14 heavy (non-hydrogen) atoms. The average molecular weight is 189 g/mol. The van der Waals surface area contributed by atoms with E-state index in [2.05, 4.69) is 28.0 Å². The van der Waals surface area contributed by atoms with E-state index in [1.165, 1.54) is 5.57 Å². The number of rotatable bonds is 1. The lowest BCUT2D eigenvalue weighted by Gasteiger charge is -2.22. The van der Waals surface area contributed by atoms with E-state index in [0.717, 1.165) is 30.9 Å². The lowest BCUT2D eigenvalue weighted by Crippen LogP contribution is -2.25. The van der Waals surface area contributed by atoms with Crippen molar-refractivity contribution in [3.05, 3.63) is 29.9 Å². The minimum absolute atomic E-state index is 0.832. The highest BCUT2D eigenvalue weighted by atomic mass is 15.1. The predicted molar refractivity (Wildman–Crippen MR) is 56.9 cm³/mol. The summed E-state index contributed by atoms with van der Waals surface area (Å²) in [5, 5.41) is 0. The van der Waals surface area contributed by atoms with Gasteiger partial charge in [-0.2, -0.15) is 0 Å². The SMILES string of the molecule is Cc1ncc(C2=CCCN(C)C2)cn1. The molecule has 0 spiro atoms. The van der Waals surface area contributed by atoms with Gasteiger partial charge in [-0.05, 0) is 26.0 Å². The van der Waals surface area contributed by atoms with Gasteiger partial charge in [-0.3, -0.25) is 0 Å². The van der Waals surface area contributed by atoms with Crippen LogP contribution in [0.3, 0.4) is 0 Å². The minimum Gasteiger partial charge on any atom is -0.302 e. The third kappa shape index (κ3) is 1.99. The van der Waals surface area contributed by atoms with Gasteiger partial charge in [-0.25, -0.2) is 9.97 Å². The van der Waals surface area contributed by atoms with Crippen LogP contribution in [0.4, 0.5) is 0 Å². The van der Waals surface area contributed by atoms with Gasteiger partial charge in [0.15, 0.2) is 0 Å². The molecule has 0 radical (unpaired) electrons. The van der Waals surface area contributed by atoms with Crippen molar-refractivity contribution in [1.29, 1.82) is 0 Å². The summed E-state index contributed by atoms with van der Waals surface area (Å²) >= 11 is 0. The molecule has 0 aromatic carbocycles. The van der Waals surface area contributed by atoms with E-state index >= 15 is 0 Å². The third-order valence-corrected chi connectivity index (χ3v) is 2.49. The van der Waals surface area contributed by atoms with Crippen LogP contribution in [-0.4, -0.2) is 35.0 Å². The van der Waals surface area contributed by atoms with Crippen LogP contribution in [0.25, 0.3) is 5.57 Å². The normalized spacial score (nSPS) is 18.0. The van der Waals surface area contributed by atoms with Crippen molar-refractivity contribution in [3.63, 3.8) is 0 Å². The molecule has 1 aromatic heterocycles. The van der Waals surface area contributed by atoms with Crippen LogP contribution in [0, 0.1) is 6.92 Å². The van der Waals surface area contributed by atoms with Crippen molar-refractivity contribution in [3.8, 4) is 0 Å². The van der Waals surface area contributed by atoms with Gasteiger partial charge in [0, 0.05) is 31.0 Å². The molecule has 1 aromatic rings. The molecular formula is C11H15N3. The van der Waals surface area contributed by atoms with E-state index in [9.17, 15) is 0 Å². The number of hydrogen-bond donors (Lipinski definition) is 0. The molecule has 0 N–H and O–H groups in total. The maximum Gasteiger partial charge on any atom is 0.125 e. The van der Waals surface area contributed by atoms with Crippen LogP contribution in [0.2, 0.25) is 0 Å². The highest BCUT2D eigenvalue weighted by Crippen LogP contribution is 2.18. The zero-order chi connectivity index (χ0) is 9.97. The van der Waals surface area contributed by atoms with E-state index < -0.39 is 0 Å². The summed E-state index contributed by atoms with van der Waals surface area (Å²) in [6, 6.07) is 0. The standard InChI is InChI=1S/C11H15N3/c1-9-12-6-11(7-13-9)10-4-3-5-14(2)8-10/h4,6-7H,3,5,8H2,1-2H3. The molecule has 3 heteroatoms. The molecular weight excluding hydrogens is 174 g/mol. The third-order valence-electron chi connectivity index (χ3n) is 2.49. The first-order valence-corrected chi connectivity index (χ1v) is 4.92. The fraction of sp³-hybridized carbons (Fsp3) is 0.455. The van der Waals surface area contributed by atoms with Gasteiger partial charge in [0.2, 0.25) is 0 Å². The zero-order valence-electron chi connectivity index (χ0n) is 8.70. The van der Waals surface area contributed by atoms with E-state index in [1.54, 1.807) is 0 Å². The van der Waals surface area contributed by atoms with Crippen molar-refractivity contribution in [2.45, 2.75) is 13.3 Å². The van der Waals surface area contributed by atoms with Crippen molar-refractivity contribution in [1.82, 2.24) is 14.9 Å². The first kappa shape index (κ1) is 9.34. The Bertz CT molecular complexity index is 340. The summed E-state index contributed by atoms with van der Waals surface area (Å²) in [6.07, 6.45) is 7.23. The molecule has 0 fully saturated rings. The molecule has 0 bridgehead atoms. The van der Waals surface area contributed by atoms with Gasteiger partial charge >= 0.3 is 0 Å². The molecule has 74 valence electrons. The van der Waals surface area contributed by atoms with Crippen LogP contribution < -0.4 is 0 Å². The van der Waals surface area contributed by atoms with E-state index in [1.807, 2.05) is 19.3 Å². The Morgan fingerprint density at radius 3 is 2.64 bits per heavy atom. The van der Waals surface area contributed by atoms with Gasteiger partial charge in [0.05, 0.1) is 0 Å². The topological polar surface area (TPSA) is 29.0 Å². The fourth-order valence-electron chi connectivity index (χ4n) is 1.66. The highest BCUT2D eigenvalue weighted by molar-refractivity contribution is 5.66. The van der Waals surface area contributed by atoms with Crippen LogP contribution >= 0.6 is 0 Å². The van der Waals surface area contributed by atoms with E-state index in [4.69, 9.17) is 0 Å². The molecule has 0 aliphatic carbocycles. The quantitative estimate of drug-likeness (QED) is 0.670. The molecule has 3 nitrogen and oxygen atoms in total. The molecule has 0 saturated carbocycles. The summed E-state index contributed by atoms with van der Waals surface area (Å²) < 4.78 is 0. The molecule has 0 atom stereocenters. The van der Waals surface area contributed by atoms with Crippen molar-refractivity contribution in [2.24, 2.45) is 0 Å². The Balaban J connectivity index is 2.22. The average Bonchev–Trinajstić information content (AvgIpc) is 2.19. The van der Waals surface area contributed by atoms with Gasteiger partial charge in [0.1, 0.15) is 5.82 Å². The summed E-state index contributed by atoms with van der Waals surface area (Å²) in [5.41, 5.74) is 2.50. The van der Waals surface area contributed by atoms with E-state index in [-0.39, 0.29) is 0 Å². The lowest BCUT2D eigenvalue weighted by atomic mass is 10.0. The predicted octanol–water partition coefficient (Wildman–Crippen LogP) is 1.50. The van der Waals surface area contributed by atoms with E-state index in [0.29, 0.717) is 0 Å². The number of aromatic nitrogens is 2. The summed E-state index contributed by atoms with van der Waals surface area (Å²) in [5.74, 6) is 0.832. The first-order valence-electron chi connectivity index (χ1n) is 4.92. The Labute approximate surface area is 84.5 Å². The Hall–Kier alpha value is -1.22. The monoisotopic (exact) mass is 189 g/mol. The molecule has 2 rings (SSSR count). The second-order valence-electron chi connectivity index (χ2n) is 3.77. The maximum absolute atomic E-state index is 4.21. The largest absolute Gasteiger partial charge is 0.302 e. The van der Waals surface area contributed by atoms with Gasteiger partial charge in [-0.1, -0.05) is 6.08 Å². The van der Waals surface area contributed by atoms with Crippen LogP contribution in [0.15, 0.2) is 18.5 Å². The smallest absolute Gasteiger partial charge is 0.125 e. The van der Waals surface area contributed by atoms with Crippen LogP contribution in [0.1, 0.15) is 17.8 Å². The summed E-state index contributed by atoms with van der Waals surface area (Å²) in [6.45, 7) is 4.06.